The Balaban J connectivity index is 2.29. The molecule has 112 valence electrons. The minimum Gasteiger partial charge on any atom is -0.496 e. The van der Waals surface area contributed by atoms with Gasteiger partial charge < -0.3 is 10.5 Å². The largest absolute Gasteiger partial charge is 0.496 e. The molecule has 1 aromatic carbocycles. The van der Waals surface area contributed by atoms with Crippen molar-refractivity contribution >= 4 is 23.2 Å². The molecule has 1 unspecified atom stereocenters. The van der Waals surface area contributed by atoms with E-state index in [0.29, 0.717) is 16.5 Å². The predicted molar refractivity (Wildman–Crippen MR) is 87.4 cm³/mol. The van der Waals surface area contributed by atoms with Crippen LogP contribution >= 0.6 is 23.2 Å². The Labute approximate surface area is 135 Å². The van der Waals surface area contributed by atoms with Crippen LogP contribution in [0.25, 0.3) is 0 Å². The van der Waals surface area contributed by atoms with Gasteiger partial charge in [-0.15, -0.1) is 0 Å². The molecule has 0 aliphatic rings. The lowest BCUT2D eigenvalue weighted by Gasteiger charge is -2.17. The zero-order valence-corrected chi connectivity index (χ0v) is 13.8. The molecule has 0 radical (unpaired) electrons. The van der Waals surface area contributed by atoms with Gasteiger partial charge in [0.1, 0.15) is 5.75 Å². The van der Waals surface area contributed by atoms with Crippen LogP contribution in [-0.4, -0.2) is 12.1 Å². The van der Waals surface area contributed by atoms with Gasteiger partial charge in [-0.2, -0.15) is 0 Å². The number of aryl methyl sites for hydroxylation is 1. The van der Waals surface area contributed by atoms with Crippen molar-refractivity contribution in [1.29, 1.82) is 0 Å². The summed E-state index contributed by atoms with van der Waals surface area (Å²) in [5.74, 6) is 0.856. The normalized spacial score (nSPS) is 12.3. The molecule has 0 aliphatic heterocycles. The van der Waals surface area contributed by atoms with Crippen molar-refractivity contribution in [2.24, 2.45) is 5.73 Å². The van der Waals surface area contributed by atoms with Crippen LogP contribution in [0.1, 0.15) is 28.4 Å². The first-order chi connectivity index (χ1) is 9.93. The van der Waals surface area contributed by atoms with Crippen LogP contribution in [0.4, 0.5) is 0 Å². The van der Waals surface area contributed by atoms with Gasteiger partial charge in [-0.25, -0.2) is 0 Å². The maximum Gasteiger partial charge on any atom is 0.128 e. The fourth-order valence-electron chi connectivity index (χ4n) is 2.40. The minimum absolute atomic E-state index is 0.242. The third-order valence-electron chi connectivity index (χ3n) is 3.53. The van der Waals surface area contributed by atoms with E-state index in [4.69, 9.17) is 33.7 Å². The van der Waals surface area contributed by atoms with Crippen molar-refractivity contribution in [3.63, 3.8) is 0 Å². The summed E-state index contributed by atoms with van der Waals surface area (Å²) in [5, 5.41) is 1.17. The third-order valence-corrected chi connectivity index (χ3v) is 4.09. The van der Waals surface area contributed by atoms with Crippen molar-refractivity contribution in [2.75, 3.05) is 7.11 Å². The van der Waals surface area contributed by atoms with Gasteiger partial charge in [0.25, 0.3) is 0 Å². The smallest absolute Gasteiger partial charge is 0.128 e. The van der Waals surface area contributed by atoms with Crippen LogP contribution in [0.2, 0.25) is 10.0 Å². The molecule has 0 amide bonds. The number of ether oxygens (including phenoxy) is 1. The van der Waals surface area contributed by atoms with Crippen molar-refractivity contribution < 1.29 is 4.74 Å². The molecule has 0 spiro atoms. The number of nitrogens with two attached hydrogens (primary N) is 1. The second-order valence-corrected chi connectivity index (χ2v) is 5.87. The standard InChI is InChI=1S/C16H18Cl2N2O/c1-9-8-20-15(10(2)16(9)21-3)7-14(19)12-5-4-11(17)6-13(12)18/h4-6,8,14H,7,19H2,1-3H3. The molecule has 2 N–H and O–H groups in total. The highest BCUT2D eigenvalue weighted by atomic mass is 35.5. The summed E-state index contributed by atoms with van der Waals surface area (Å²) < 4.78 is 5.42. The number of halogens is 2. The first-order valence-corrected chi connectivity index (χ1v) is 7.39. The van der Waals surface area contributed by atoms with Crippen molar-refractivity contribution in [3.05, 3.63) is 56.8 Å². The summed E-state index contributed by atoms with van der Waals surface area (Å²) >= 11 is 12.1. The van der Waals surface area contributed by atoms with Crippen LogP contribution in [-0.2, 0) is 6.42 Å². The first-order valence-electron chi connectivity index (χ1n) is 6.63. The van der Waals surface area contributed by atoms with Crippen molar-refractivity contribution in [1.82, 2.24) is 4.98 Å². The van der Waals surface area contributed by atoms with E-state index in [1.165, 1.54) is 0 Å². The Hall–Kier alpha value is -1.29. The summed E-state index contributed by atoms with van der Waals surface area (Å²) in [6.45, 7) is 3.96. The molecule has 2 rings (SSSR count). The van der Waals surface area contributed by atoms with E-state index in [2.05, 4.69) is 4.98 Å². The molecular weight excluding hydrogens is 307 g/mol. The number of hydrogen-bond acceptors (Lipinski definition) is 3. The summed E-state index contributed by atoms with van der Waals surface area (Å²) in [4.78, 5) is 4.47. The van der Waals surface area contributed by atoms with Crippen LogP contribution in [0.15, 0.2) is 24.4 Å². The molecule has 0 fully saturated rings. The summed E-state index contributed by atoms with van der Waals surface area (Å²) in [7, 11) is 1.66. The van der Waals surface area contributed by atoms with Crippen LogP contribution in [0.3, 0.4) is 0 Å². The predicted octanol–water partition coefficient (Wildman–Crippen LogP) is 4.26. The number of hydrogen-bond donors (Lipinski definition) is 1. The number of aromatic nitrogens is 1. The molecule has 21 heavy (non-hydrogen) atoms. The van der Waals surface area contributed by atoms with Crippen LogP contribution < -0.4 is 10.5 Å². The van der Waals surface area contributed by atoms with E-state index in [9.17, 15) is 0 Å². The zero-order valence-electron chi connectivity index (χ0n) is 12.3. The number of rotatable bonds is 4. The van der Waals surface area contributed by atoms with Gasteiger partial charge in [0.05, 0.1) is 7.11 Å². The molecular formula is C16H18Cl2N2O. The highest BCUT2D eigenvalue weighted by molar-refractivity contribution is 6.35. The lowest BCUT2D eigenvalue weighted by atomic mass is 9.99. The average Bonchev–Trinajstić information content (AvgIpc) is 2.42. The lowest BCUT2D eigenvalue weighted by molar-refractivity contribution is 0.406. The maximum absolute atomic E-state index is 6.27. The lowest BCUT2D eigenvalue weighted by Crippen LogP contribution is -2.16. The minimum atomic E-state index is -0.242. The second-order valence-electron chi connectivity index (χ2n) is 5.02. The average molecular weight is 325 g/mol. The van der Waals surface area contributed by atoms with Gasteiger partial charge in [-0.3, -0.25) is 4.98 Å². The van der Waals surface area contributed by atoms with E-state index < -0.39 is 0 Å². The van der Waals surface area contributed by atoms with Crippen LogP contribution in [0, 0.1) is 13.8 Å². The van der Waals surface area contributed by atoms with Gasteiger partial charge in [0.2, 0.25) is 0 Å². The number of benzene rings is 1. The maximum atomic E-state index is 6.27. The molecule has 1 aromatic heterocycles. The van der Waals surface area contributed by atoms with Gasteiger partial charge in [0, 0.05) is 45.5 Å². The molecule has 1 atom stereocenters. The molecule has 1 heterocycles. The monoisotopic (exact) mass is 324 g/mol. The Morgan fingerprint density at radius 1 is 1.29 bits per heavy atom. The number of nitrogens with zero attached hydrogens (tertiary/aromatic N) is 1. The summed E-state index contributed by atoms with van der Waals surface area (Å²) in [5.41, 5.74) is 10.1. The summed E-state index contributed by atoms with van der Waals surface area (Å²) in [6.07, 6.45) is 2.39. The Bertz CT molecular complexity index is 659. The Kier molecular flexibility index (Phi) is 5.09. The highest BCUT2D eigenvalue weighted by Gasteiger charge is 2.16. The van der Waals surface area contributed by atoms with E-state index in [0.717, 1.165) is 28.1 Å². The Morgan fingerprint density at radius 2 is 2.00 bits per heavy atom. The third kappa shape index (κ3) is 3.49. The van der Waals surface area contributed by atoms with E-state index in [1.54, 1.807) is 25.4 Å². The molecule has 0 aliphatic carbocycles. The van der Waals surface area contributed by atoms with Crippen LogP contribution in [0.5, 0.6) is 5.75 Å². The van der Waals surface area contributed by atoms with E-state index >= 15 is 0 Å². The van der Waals surface area contributed by atoms with Crippen molar-refractivity contribution in [2.45, 2.75) is 26.3 Å². The quantitative estimate of drug-likeness (QED) is 0.914. The Morgan fingerprint density at radius 3 is 2.62 bits per heavy atom. The van der Waals surface area contributed by atoms with Gasteiger partial charge >= 0.3 is 0 Å². The molecule has 5 heteroatoms. The molecule has 0 saturated carbocycles. The first kappa shape index (κ1) is 16.1. The van der Waals surface area contributed by atoms with E-state index in [-0.39, 0.29) is 6.04 Å². The number of methoxy groups -OCH3 is 1. The highest BCUT2D eigenvalue weighted by Crippen LogP contribution is 2.30. The van der Waals surface area contributed by atoms with Crippen molar-refractivity contribution in [3.8, 4) is 5.75 Å². The topological polar surface area (TPSA) is 48.1 Å². The second kappa shape index (κ2) is 6.65. The van der Waals surface area contributed by atoms with Gasteiger partial charge in [-0.05, 0) is 31.5 Å². The number of pyridine rings is 1. The summed E-state index contributed by atoms with van der Waals surface area (Å²) in [6, 6.07) is 5.11. The molecule has 0 bridgehead atoms. The fourth-order valence-corrected chi connectivity index (χ4v) is 2.95. The molecule has 2 aromatic rings. The molecule has 0 saturated heterocycles. The molecule has 3 nitrogen and oxygen atoms in total. The fraction of sp³-hybridized carbons (Fsp3) is 0.312. The van der Waals surface area contributed by atoms with Gasteiger partial charge in [-0.1, -0.05) is 29.3 Å². The zero-order chi connectivity index (χ0) is 15.6. The van der Waals surface area contributed by atoms with E-state index in [1.807, 2.05) is 19.9 Å². The SMILES string of the molecule is COc1c(C)cnc(CC(N)c2ccc(Cl)cc2Cl)c1C. The van der Waals surface area contributed by atoms with Gasteiger partial charge in [0.15, 0.2) is 0 Å².